The van der Waals surface area contributed by atoms with E-state index in [1.54, 1.807) is 26.0 Å². The molecule has 0 aliphatic heterocycles. The topological polar surface area (TPSA) is 80.4 Å². The van der Waals surface area contributed by atoms with Crippen LogP contribution in [0.25, 0.3) is 0 Å². The minimum absolute atomic E-state index is 0.0271. The van der Waals surface area contributed by atoms with Crippen LogP contribution >= 0.6 is 0 Å². The van der Waals surface area contributed by atoms with Crippen molar-refractivity contribution in [3.8, 4) is 5.75 Å². The first-order valence-corrected chi connectivity index (χ1v) is 9.43. The first-order chi connectivity index (χ1) is 14.4. The van der Waals surface area contributed by atoms with Gasteiger partial charge in [0.05, 0.1) is 18.7 Å². The Morgan fingerprint density at radius 1 is 1.07 bits per heavy atom. The third kappa shape index (κ3) is 4.51. The molecule has 0 saturated carbocycles. The lowest BCUT2D eigenvalue weighted by Gasteiger charge is -2.20. The van der Waals surface area contributed by atoms with Crippen molar-refractivity contribution in [1.29, 1.82) is 0 Å². The number of aromatic amines is 1. The van der Waals surface area contributed by atoms with Crippen molar-refractivity contribution >= 4 is 11.9 Å². The molecule has 0 saturated heterocycles. The molecule has 0 radical (unpaired) electrons. The summed E-state index contributed by atoms with van der Waals surface area (Å²) in [5, 5.41) is 2.91. The molecule has 0 aliphatic carbocycles. The second kappa shape index (κ2) is 9.26. The highest BCUT2D eigenvalue weighted by molar-refractivity contribution is 6.00. The smallest absolute Gasteiger partial charge is 0.339 e. The molecule has 6 nitrogen and oxygen atoms in total. The number of benzene rings is 2. The van der Waals surface area contributed by atoms with E-state index in [2.05, 4.69) is 10.3 Å². The van der Waals surface area contributed by atoms with Crippen molar-refractivity contribution in [1.82, 2.24) is 10.3 Å². The van der Waals surface area contributed by atoms with Crippen LogP contribution in [-0.4, -0.2) is 30.6 Å². The zero-order chi connectivity index (χ0) is 21.7. The Kier molecular flexibility index (Phi) is 6.51. The average Bonchev–Trinajstić information content (AvgIpc) is 3.06. The number of hydrogen-bond donors (Lipinski definition) is 2. The maximum Gasteiger partial charge on any atom is 0.339 e. The molecular weight excluding hydrogens is 387 g/mol. The van der Waals surface area contributed by atoms with E-state index in [4.69, 9.17) is 9.47 Å². The SMILES string of the molecule is COC(=O)c1c(C)[nH]c(C(=O)NC(COc2ccccc2F)c2ccccc2)c1C. The molecule has 1 heterocycles. The normalized spacial score (nSPS) is 11.6. The third-order valence-electron chi connectivity index (χ3n) is 4.80. The predicted octanol–water partition coefficient (Wildman–Crippen LogP) is 4.11. The Labute approximate surface area is 174 Å². The molecule has 1 amide bonds. The van der Waals surface area contributed by atoms with Gasteiger partial charge >= 0.3 is 5.97 Å². The quantitative estimate of drug-likeness (QED) is 0.575. The number of carbonyl (C=O) groups excluding carboxylic acids is 2. The van der Waals surface area contributed by atoms with Crippen molar-refractivity contribution in [2.24, 2.45) is 0 Å². The molecule has 0 bridgehead atoms. The number of halogens is 1. The minimum atomic E-state index is -0.539. The zero-order valence-electron chi connectivity index (χ0n) is 17.0. The number of carbonyl (C=O) groups is 2. The minimum Gasteiger partial charge on any atom is -0.488 e. The highest BCUT2D eigenvalue weighted by Crippen LogP contribution is 2.22. The fourth-order valence-electron chi connectivity index (χ4n) is 3.26. The molecule has 2 aromatic carbocycles. The molecule has 1 unspecified atom stereocenters. The van der Waals surface area contributed by atoms with E-state index in [0.717, 1.165) is 5.56 Å². The van der Waals surface area contributed by atoms with Gasteiger partial charge in [0.2, 0.25) is 0 Å². The second-order valence-electron chi connectivity index (χ2n) is 6.79. The van der Waals surface area contributed by atoms with Crippen molar-refractivity contribution < 1.29 is 23.5 Å². The molecule has 7 heteroatoms. The number of hydrogen-bond acceptors (Lipinski definition) is 4. The van der Waals surface area contributed by atoms with Crippen molar-refractivity contribution in [3.63, 3.8) is 0 Å². The van der Waals surface area contributed by atoms with Crippen LogP contribution in [0.2, 0.25) is 0 Å². The number of aromatic nitrogens is 1. The largest absolute Gasteiger partial charge is 0.488 e. The van der Waals surface area contributed by atoms with Gasteiger partial charge in [-0.25, -0.2) is 9.18 Å². The monoisotopic (exact) mass is 410 g/mol. The van der Waals surface area contributed by atoms with Gasteiger partial charge in [0.1, 0.15) is 12.3 Å². The summed E-state index contributed by atoms with van der Waals surface area (Å²) in [6.07, 6.45) is 0. The summed E-state index contributed by atoms with van der Waals surface area (Å²) in [4.78, 5) is 27.9. The number of esters is 1. The lowest BCUT2D eigenvalue weighted by atomic mass is 10.1. The number of para-hydroxylation sites is 1. The van der Waals surface area contributed by atoms with Crippen molar-refractivity contribution in [2.75, 3.05) is 13.7 Å². The van der Waals surface area contributed by atoms with Crippen LogP contribution < -0.4 is 10.1 Å². The maximum absolute atomic E-state index is 13.9. The fraction of sp³-hybridized carbons (Fsp3) is 0.217. The van der Waals surface area contributed by atoms with Gasteiger partial charge in [-0.2, -0.15) is 0 Å². The molecule has 3 rings (SSSR count). The summed E-state index contributed by atoms with van der Waals surface area (Å²) >= 11 is 0. The van der Waals surface area contributed by atoms with Crippen LogP contribution in [0.3, 0.4) is 0 Å². The summed E-state index contributed by atoms with van der Waals surface area (Å²) in [5.41, 5.74) is 2.44. The Morgan fingerprint density at radius 2 is 1.73 bits per heavy atom. The molecule has 0 spiro atoms. The van der Waals surface area contributed by atoms with E-state index in [1.807, 2.05) is 30.3 Å². The molecule has 1 aromatic heterocycles. The van der Waals surface area contributed by atoms with Crippen LogP contribution in [0.1, 0.15) is 43.7 Å². The van der Waals surface area contributed by atoms with E-state index < -0.39 is 23.7 Å². The summed E-state index contributed by atoms with van der Waals surface area (Å²) in [5.74, 6) is -1.29. The highest BCUT2D eigenvalue weighted by Gasteiger charge is 2.25. The first-order valence-electron chi connectivity index (χ1n) is 9.43. The number of aryl methyl sites for hydroxylation is 1. The summed E-state index contributed by atoms with van der Waals surface area (Å²) < 4.78 is 24.3. The van der Waals surface area contributed by atoms with Crippen LogP contribution in [0.15, 0.2) is 54.6 Å². The third-order valence-corrected chi connectivity index (χ3v) is 4.80. The predicted molar refractivity (Wildman–Crippen MR) is 110 cm³/mol. The van der Waals surface area contributed by atoms with Gasteiger partial charge in [0.15, 0.2) is 11.6 Å². The van der Waals surface area contributed by atoms with E-state index >= 15 is 0 Å². The van der Waals surface area contributed by atoms with Crippen LogP contribution in [0.5, 0.6) is 5.75 Å². The average molecular weight is 410 g/mol. The van der Waals surface area contributed by atoms with E-state index in [-0.39, 0.29) is 18.1 Å². The van der Waals surface area contributed by atoms with Gasteiger partial charge in [-0.3, -0.25) is 4.79 Å². The van der Waals surface area contributed by atoms with E-state index in [0.29, 0.717) is 16.8 Å². The number of H-pyrrole nitrogens is 1. The van der Waals surface area contributed by atoms with Crippen LogP contribution in [0.4, 0.5) is 4.39 Å². The number of amides is 1. The van der Waals surface area contributed by atoms with Gasteiger partial charge in [0, 0.05) is 5.69 Å². The van der Waals surface area contributed by atoms with Gasteiger partial charge in [0.25, 0.3) is 5.91 Å². The van der Waals surface area contributed by atoms with Crippen LogP contribution in [-0.2, 0) is 4.74 Å². The number of rotatable bonds is 7. The number of methoxy groups -OCH3 is 1. The van der Waals surface area contributed by atoms with E-state index in [9.17, 15) is 14.0 Å². The molecule has 0 fully saturated rings. The highest BCUT2D eigenvalue weighted by atomic mass is 19.1. The zero-order valence-corrected chi connectivity index (χ0v) is 17.0. The Hall–Kier alpha value is -3.61. The molecular formula is C23H23FN2O4. The standard InChI is InChI=1S/C23H23FN2O4/c1-14-20(23(28)29-3)15(2)25-21(14)22(27)26-18(16-9-5-4-6-10-16)13-30-19-12-8-7-11-17(19)24/h4-12,18,25H,13H2,1-3H3,(H,26,27). The Balaban J connectivity index is 1.84. The van der Waals surface area contributed by atoms with Gasteiger partial charge in [-0.1, -0.05) is 42.5 Å². The summed E-state index contributed by atoms with van der Waals surface area (Å²) in [6, 6.07) is 14.8. The van der Waals surface area contributed by atoms with Crippen LogP contribution in [0, 0.1) is 19.7 Å². The number of nitrogens with one attached hydrogen (secondary N) is 2. The van der Waals surface area contributed by atoms with Gasteiger partial charge < -0.3 is 19.8 Å². The molecule has 0 aliphatic rings. The van der Waals surface area contributed by atoms with Crippen molar-refractivity contribution in [2.45, 2.75) is 19.9 Å². The Morgan fingerprint density at radius 3 is 2.40 bits per heavy atom. The fourth-order valence-corrected chi connectivity index (χ4v) is 3.26. The summed E-state index contributed by atoms with van der Waals surface area (Å²) in [6.45, 7) is 3.41. The molecule has 2 N–H and O–H groups in total. The van der Waals surface area contributed by atoms with Gasteiger partial charge in [-0.05, 0) is 37.1 Å². The lowest BCUT2D eigenvalue weighted by molar-refractivity contribution is 0.0599. The lowest BCUT2D eigenvalue weighted by Crippen LogP contribution is -2.33. The van der Waals surface area contributed by atoms with Gasteiger partial charge in [-0.15, -0.1) is 0 Å². The second-order valence-corrected chi connectivity index (χ2v) is 6.79. The molecule has 3 aromatic rings. The molecule has 156 valence electrons. The maximum atomic E-state index is 13.9. The van der Waals surface area contributed by atoms with E-state index in [1.165, 1.54) is 19.2 Å². The summed E-state index contributed by atoms with van der Waals surface area (Å²) in [7, 11) is 1.29. The first kappa shape index (κ1) is 21.1. The molecule has 30 heavy (non-hydrogen) atoms. The number of ether oxygens (including phenoxy) is 2. The van der Waals surface area contributed by atoms with Crippen molar-refractivity contribution in [3.05, 3.63) is 88.5 Å². The Bertz CT molecular complexity index is 1050. The molecule has 1 atom stereocenters.